The van der Waals surface area contributed by atoms with Gasteiger partial charge in [-0.25, -0.2) is 4.68 Å². The van der Waals surface area contributed by atoms with Crippen molar-refractivity contribution >= 4 is 5.69 Å². The summed E-state index contributed by atoms with van der Waals surface area (Å²) in [6.45, 7) is 2.31. The minimum atomic E-state index is 0.575. The second-order valence-electron chi connectivity index (χ2n) is 4.89. The zero-order chi connectivity index (χ0) is 12.4. The molecule has 1 aliphatic heterocycles. The number of nitrogens with zero attached hydrogens (tertiary/aromatic N) is 3. The number of anilines is 1. The first-order valence-corrected chi connectivity index (χ1v) is 6.36. The van der Waals surface area contributed by atoms with Gasteiger partial charge in [-0.05, 0) is 50.3 Å². The molecule has 1 atom stereocenters. The first-order valence-electron chi connectivity index (χ1n) is 6.36. The molecular weight excluding hydrogens is 224 g/mol. The third-order valence-corrected chi connectivity index (χ3v) is 3.40. The van der Waals surface area contributed by atoms with Gasteiger partial charge in [0.25, 0.3) is 0 Å². The zero-order valence-corrected chi connectivity index (χ0v) is 10.6. The van der Waals surface area contributed by atoms with E-state index in [9.17, 15) is 0 Å². The molecule has 0 amide bonds. The topological polar surface area (TPSA) is 33.1 Å². The molecule has 1 aromatic heterocycles. The first kappa shape index (κ1) is 11.3. The van der Waals surface area contributed by atoms with Crippen LogP contribution in [0.5, 0.6) is 0 Å². The molecule has 2 aromatic rings. The lowest BCUT2D eigenvalue weighted by Gasteiger charge is -2.14. The third-order valence-electron chi connectivity index (χ3n) is 3.40. The molecule has 4 nitrogen and oxygen atoms in total. The summed E-state index contributed by atoms with van der Waals surface area (Å²) >= 11 is 0. The lowest BCUT2D eigenvalue weighted by atomic mass is 10.2. The standard InChI is InChI=1S/C14H18N4/c1-17-10-7-13(11-17)16-12-3-5-14(6-4-12)18-9-2-8-15-18/h2-6,8-9,13,16H,7,10-11H2,1H3. The largest absolute Gasteiger partial charge is 0.381 e. The van der Waals surface area contributed by atoms with E-state index in [1.54, 1.807) is 6.20 Å². The Labute approximate surface area is 107 Å². The Morgan fingerprint density at radius 1 is 1.28 bits per heavy atom. The molecule has 3 rings (SSSR count). The molecule has 1 fully saturated rings. The van der Waals surface area contributed by atoms with Crippen LogP contribution in [0.3, 0.4) is 0 Å². The van der Waals surface area contributed by atoms with Gasteiger partial charge in [-0.15, -0.1) is 0 Å². The van der Waals surface area contributed by atoms with Crippen molar-refractivity contribution in [2.75, 3.05) is 25.5 Å². The number of benzene rings is 1. The third kappa shape index (κ3) is 2.38. The fourth-order valence-electron chi connectivity index (χ4n) is 2.42. The Kier molecular flexibility index (Phi) is 3.02. The molecule has 0 bridgehead atoms. The smallest absolute Gasteiger partial charge is 0.0647 e. The van der Waals surface area contributed by atoms with Gasteiger partial charge in [0.2, 0.25) is 0 Å². The number of hydrogen-bond acceptors (Lipinski definition) is 3. The highest BCUT2D eigenvalue weighted by Gasteiger charge is 2.18. The van der Waals surface area contributed by atoms with Crippen LogP contribution in [0.15, 0.2) is 42.7 Å². The SMILES string of the molecule is CN1CCC(Nc2ccc(-n3cccn3)cc2)C1. The highest BCUT2D eigenvalue weighted by molar-refractivity contribution is 5.49. The minimum absolute atomic E-state index is 0.575. The number of rotatable bonds is 3. The summed E-state index contributed by atoms with van der Waals surface area (Å²) in [5.41, 5.74) is 2.28. The van der Waals surface area contributed by atoms with E-state index in [2.05, 4.69) is 46.6 Å². The number of likely N-dealkylation sites (tertiary alicyclic amines) is 1. The van der Waals surface area contributed by atoms with E-state index in [1.807, 2.05) is 16.9 Å². The maximum Gasteiger partial charge on any atom is 0.0647 e. The van der Waals surface area contributed by atoms with Gasteiger partial charge >= 0.3 is 0 Å². The monoisotopic (exact) mass is 242 g/mol. The van der Waals surface area contributed by atoms with Crippen molar-refractivity contribution in [1.82, 2.24) is 14.7 Å². The van der Waals surface area contributed by atoms with Crippen LogP contribution in [-0.2, 0) is 0 Å². The Hall–Kier alpha value is -1.81. The van der Waals surface area contributed by atoms with Crippen LogP contribution in [-0.4, -0.2) is 40.9 Å². The van der Waals surface area contributed by atoms with E-state index in [0.29, 0.717) is 6.04 Å². The number of hydrogen-bond donors (Lipinski definition) is 1. The van der Waals surface area contributed by atoms with Crippen LogP contribution in [0.25, 0.3) is 5.69 Å². The van der Waals surface area contributed by atoms with Crippen LogP contribution < -0.4 is 5.32 Å². The number of nitrogens with one attached hydrogen (secondary N) is 1. The van der Waals surface area contributed by atoms with Gasteiger partial charge in [0.1, 0.15) is 0 Å². The molecule has 0 spiro atoms. The van der Waals surface area contributed by atoms with Gasteiger partial charge in [0, 0.05) is 30.7 Å². The molecule has 94 valence electrons. The van der Waals surface area contributed by atoms with Crippen LogP contribution in [0.4, 0.5) is 5.69 Å². The molecule has 0 aliphatic carbocycles. The average Bonchev–Trinajstić information content (AvgIpc) is 3.02. The predicted octanol–water partition coefficient (Wildman–Crippen LogP) is 1.99. The van der Waals surface area contributed by atoms with E-state index >= 15 is 0 Å². The second kappa shape index (κ2) is 4.82. The lowest BCUT2D eigenvalue weighted by molar-refractivity contribution is 0.414. The lowest BCUT2D eigenvalue weighted by Crippen LogP contribution is -2.23. The summed E-state index contributed by atoms with van der Waals surface area (Å²) in [7, 11) is 2.17. The molecule has 1 aromatic carbocycles. The van der Waals surface area contributed by atoms with Crippen molar-refractivity contribution in [3.05, 3.63) is 42.7 Å². The fourth-order valence-corrected chi connectivity index (χ4v) is 2.42. The minimum Gasteiger partial charge on any atom is -0.381 e. The Morgan fingerprint density at radius 3 is 2.72 bits per heavy atom. The Bertz CT molecular complexity index is 489. The molecule has 1 saturated heterocycles. The van der Waals surface area contributed by atoms with Crippen molar-refractivity contribution in [3.8, 4) is 5.69 Å². The maximum atomic E-state index is 4.22. The summed E-state index contributed by atoms with van der Waals surface area (Å²) in [5.74, 6) is 0. The van der Waals surface area contributed by atoms with Crippen molar-refractivity contribution in [3.63, 3.8) is 0 Å². The Morgan fingerprint density at radius 2 is 2.11 bits per heavy atom. The summed E-state index contributed by atoms with van der Waals surface area (Å²) in [6.07, 6.45) is 4.96. The van der Waals surface area contributed by atoms with Crippen molar-refractivity contribution in [2.24, 2.45) is 0 Å². The molecular formula is C14H18N4. The fraction of sp³-hybridized carbons (Fsp3) is 0.357. The van der Waals surface area contributed by atoms with Gasteiger partial charge in [-0.2, -0.15) is 5.10 Å². The second-order valence-corrected chi connectivity index (χ2v) is 4.89. The number of likely N-dealkylation sites (N-methyl/N-ethyl adjacent to an activating group) is 1. The summed E-state index contributed by atoms with van der Waals surface area (Å²) < 4.78 is 1.87. The molecule has 2 heterocycles. The summed E-state index contributed by atoms with van der Waals surface area (Å²) in [6, 6.07) is 10.9. The maximum absolute atomic E-state index is 4.22. The molecule has 0 saturated carbocycles. The zero-order valence-electron chi connectivity index (χ0n) is 10.6. The van der Waals surface area contributed by atoms with E-state index < -0.39 is 0 Å². The van der Waals surface area contributed by atoms with E-state index in [0.717, 1.165) is 12.2 Å². The number of aromatic nitrogens is 2. The van der Waals surface area contributed by atoms with Crippen LogP contribution in [0.1, 0.15) is 6.42 Å². The molecule has 1 N–H and O–H groups in total. The van der Waals surface area contributed by atoms with Crippen LogP contribution in [0, 0.1) is 0 Å². The van der Waals surface area contributed by atoms with Crippen molar-refractivity contribution in [2.45, 2.75) is 12.5 Å². The van der Waals surface area contributed by atoms with Gasteiger partial charge in [0.05, 0.1) is 5.69 Å². The highest BCUT2D eigenvalue weighted by atomic mass is 15.3. The predicted molar refractivity (Wildman–Crippen MR) is 73.1 cm³/mol. The quantitative estimate of drug-likeness (QED) is 0.893. The molecule has 4 heteroatoms. The van der Waals surface area contributed by atoms with Crippen LogP contribution >= 0.6 is 0 Å². The molecule has 18 heavy (non-hydrogen) atoms. The summed E-state index contributed by atoms with van der Waals surface area (Å²) in [4.78, 5) is 2.36. The highest BCUT2D eigenvalue weighted by Crippen LogP contribution is 2.16. The normalized spacial score (nSPS) is 20.2. The van der Waals surface area contributed by atoms with E-state index in [1.165, 1.54) is 18.7 Å². The molecule has 1 unspecified atom stereocenters. The summed E-state index contributed by atoms with van der Waals surface area (Å²) in [5, 5.41) is 7.79. The van der Waals surface area contributed by atoms with Crippen molar-refractivity contribution in [1.29, 1.82) is 0 Å². The average molecular weight is 242 g/mol. The molecule has 1 aliphatic rings. The molecule has 0 radical (unpaired) electrons. The van der Waals surface area contributed by atoms with Gasteiger partial charge < -0.3 is 10.2 Å². The Balaban J connectivity index is 1.68. The van der Waals surface area contributed by atoms with Gasteiger partial charge in [0.15, 0.2) is 0 Å². The van der Waals surface area contributed by atoms with Crippen molar-refractivity contribution < 1.29 is 0 Å². The van der Waals surface area contributed by atoms with Gasteiger partial charge in [-0.3, -0.25) is 0 Å². The van der Waals surface area contributed by atoms with E-state index in [-0.39, 0.29) is 0 Å². The van der Waals surface area contributed by atoms with E-state index in [4.69, 9.17) is 0 Å². The van der Waals surface area contributed by atoms with Gasteiger partial charge in [-0.1, -0.05) is 0 Å². The van der Waals surface area contributed by atoms with Crippen LogP contribution in [0.2, 0.25) is 0 Å². The first-order chi connectivity index (χ1) is 8.81.